The number of nitrogens with two attached hydrogens (primary N) is 2. The zero-order chi connectivity index (χ0) is 32.3. The molecule has 12 nitrogen and oxygen atoms in total. The van der Waals surface area contributed by atoms with Crippen molar-refractivity contribution in [1.82, 2.24) is 14.2 Å². The molecule has 236 valence electrons. The van der Waals surface area contributed by atoms with E-state index in [2.05, 4.69) is 25.1 Å². The van der Waals surface area contributed by atoms with Gasteiger partial charge in [-0.2, -0.15) is 4.31 Å². The Kier molecular flexibility index (Phi) is 9.22. The number of benzene rings is 2. The lowest BCUT2D eigenvalue weighted by atomic mass is 10.1. The van der Waals surface area contributed by atoms with Crippen molar-refractivity contribution in [3.05, 3.63) is 95.0 Å². The van der Waals surface area contributed by atoms with Crippen molar-refractivity contribution in [1.29, 1.82) is 0 Å². The van der Waals surface area contributed by atoms with Crippen molar-refractivity contribution in [3.8, 4) is 0 Å². The van der Waals surface area contributed by atoms with Gasteiger partial charge in [0.15, 0.2) is 0 Å². The molecule has 1 saturated heterocycles. The Bertz CT molecular complexity index is 1770. The molecule has 0 bridgehead atoms. The lowest BCUT2D eigenvalue weighted by molar-refractivity contribution is -0.345. The number of amides is 2. The van der Waals surface area contributed by atoms with Gasteiger partial charge in [0.05, 0.1) is 21.7 Å². The Labute approximate surface area is 259 Å². The van der Waals surface area contributed by atoms with Crippen molar-refractivity contribution in [2.75, 3.05) is 56.5 Å². The summed E-state index contributed by atoms with van der Waals surface area (Å²) in [7, 11) is -2.29. The number of carbonyl (C=O) groups excluding carboxylic acids is 2. The number of pyridine rings is 1. The smallest absolute Gasteiger partial charge is 0.341 e. The van der Waals surface area contributed by atoms with E-state index in [0.29, 0.717) is 6.07 Å². The number of carbonyl (C=O) groups is 2. The molecule has 3 aromatic rings. The Morgan fingerprint density at radius 1 is 0.978 bits per heavy atom. The molecule has 0 saturated carbocycles. The molecule has 6 N–H and O–H groups in total. The van der Waals surface area contributed by atoms with E-state index in [1.807, 2.05) is 7.05 Å². The molecule has 0 atom stereocenters. The van der Waals surface area contributed by atoms with Crippen LogP contribution in [0.15, 0.2) is 77.0 Å². The first-order valence-electron chi connectivity index (χ1n) is 14.1. The fourth-order valence-corrected chi connectivity index (χ4v) is 6.54. The molecular formula is C30H33F2N8O4S+. The predicted molar refractivity (Wildman–Crippen MR) is 164 cm³/mol. The SMILES string of the molecule is CN1CCN(c2ccc(C(=O)[NH+]=C(N)C3=C(N)CCN(S(=O)(=O)c4cc(F)cc(F)c4)C3)c(NC(=O)c3ccccn3)c2)CC1. The van der Waals surface area contributed by atoms with Crippen LogP contribution in [0.2, 0.25) is 0 Å². The van der Waals surface area contributed by atoms with Crippen LogP contribution in [0.25, 0.3) is 0 Å². The quantitative estimate of drug-likeness (QED) is 0.209. The highest BCUT2D eigenvalue weighted by Gasteiger charge is 2.33. The zero-order valence-electron chi connectivity index (χ0n) is 24.5. The van der Waals surface area contributed by atoms with Crippen molar-refractivity contribution < 1.29 is 31.8 Å². The Balaban J connectivity index is 1.43. The highest BCUT2D eigenvalue weighted by molar-refractivity contribution is 7.89. The van der Waals surface area contributed by atoms with Gasteiger partial charge in [-0.1, -0.05) is 6.07 Å². The summed E-state index contributed by atoms with van der Waals surface area (Å²) in [5.74, 6) is -3.48. The summed E-state index contributed by atoms with van der Waals surface area (Å²) in [6, 6.07) is 12.0. The second-order valence-electron chi connectivity index (χ2n) is 10.8. The number of hydrogen-bond donors (Lipinski definition) is 4. The Morgan fingerprint density at radius 2 is 1.69 bits per heavy atom. The summed E-state index contributed by atoms with van der Waals surface area (Å²) in [6.07, 6.45) is 1.55. The third-order valence-electron chi connectivity index (χ3n) is 7.66. The van der Waals surface area contributed by atoms with Crippen LogP contribution in [0.4, 0.5) is 20.2 Å². The van der Waals surface area contributed by atoms with Gasteiger partial charge in [-0.3, -0.25) is 15.5 Å². The van der Waals surface area contributed by atoms with E-state index in [-0.39, 0.29) is 53.6 Å². The predicted octanol–water partition coefficient (Wildman–Crippen LogP) is 0.249. The van der Waals surface area contributed by atoms with E-state index in [9.17, 15) is 26.8 Å². The lowest BCUT2D eigenvalue weighted by Gasteiger charge is -2.34. The van der Waals surface area contributed by atoms with Gasteiger partial charge in [0, 0.05) is 69.3 Å². The molecule has 3 heterocycles. The standard InChI is InChI=1S/C30H32F2N8O4S/c1-38-10-12-39(13-11-38)21-5-6-23(27(17-21)36-30(42)26-4-2-3-8-35-26)29(41)37-28(34)24-18-40(9-7-25(24)33)45(43,44)22-15-19(31)14-20(32)16-22/h2-6,8,14-17H,7,9-13,18,33H2,1H3,(H,36,42)(H2,34,37,41)/p+1. The van der Waals surface area contributed by atoms with E-state index < -0.39 is 38.4 Å². The maximum atomic E-state index is 13.8. The molecule has 0 spiro atoms. The van der Waals surface area contributed by atoms with Gasteiger partial charge in [-0.05, 0) is 49.5 Å². The highest BCUT2D eigenvalue weighted by atomic mass is 32.2. The summed E-state index contributed by atoms with van der Waals surface area (Å²) >= 11 is 0. The molecule has 1 fully saturated rings. The maximum Gasteiger partial charge on any atom is 0.341 e. The van der Waals surface area contributed by atoms with Gasteiger partial charge in [0.25, 0.3) is 11.7 Å². The summed E-state index contributed by atoms with van der Waals surface area (Å²) in [5, 5.41) is 2.78. The first-order chi connectivity index (χ1) is 21.4. The summed E-state index contributed by atoms with van der Waals surface area (Å²) in [4.78, 5) is 37.0. The van der Waals surface area contributed by atoms with Crippen molar-refractivity contribution >= 4 is 39.0 Å². The third-order valence-corrected chi connectivity index (χ3v) is 9.48. The number of rotatable bonds is 7. The van der Waals surface area contributed by atoms with Crippen molar-refractivity contribution in [3.63, 3.8) is 0 Å². The number of halogens is 2. The molecule has 2 aliphatic rings. The number of anilines is 2. The number of aromatic nitrogens is 1. The Hall–Kier alpha value is -4.73. The van der Waals surface area contributed by atoms with Crippen LogP contribution in [0.1, 0.15) is 27.3 Å². The summed E-state index contributed by atoms with van der Waals surface area (Å²) in [6.45, 7) is 2.80. The van der Waals surface area contributed by atoms with Crippen LogP contribution in [-0.4, -0.2) is 86.6 Å². The highest BCUT2D eigenvalue weighted by Crippen LogP contribution is 2.26. The minimum atomic E-state index is -4.32. The number of likely N-dealkylation sites (N-methyl/N-ethyl adjacent to an activating group) is 1. The second-order valence-corrected chi connectivity index (χ2v) is 12.7. The second kappa shape index (κ2) is 13.1. The summed E-state index contributed by atoms with van der Waals surface area (Å²) < 4.78 is 55.0. The van der Waals surface area contributed by atoms with Crippen molar-refractivity contribution in [2.45, 2.75) is 11.3 Å². The van der Waals surface area contributed by atoms with Crippen molar-refractivity contribution in [2.24, 2.45) is 11.5 Å². The number of hydrogen-bond acceptors (Lipinski definition) is 8. The van der Waals surface area contributed by atoms with Gasteiger partial charge < -0.3 is 20.9 Å². The molecule has 15 heteroatoms. The molecule has 0 aliphatic carbocycles. The van der Waals surface area contributed by atoms with Crippen LogP contribution in [0.5, 0.6) is 0 Å². The molecule has 1 aromatic heterocycles. The van der Waals surface area contributed by atoms with Crippen LogP contribution in [0.3, 0.4) is 0 Å². The molecule has 2 amide bonds. The zero-order valence-corrected chi connectivity index (χ0v) is 25.3. The molecule has 2 aliphatic heterocycles. The van der Waals surface area contributed by atoms with Gasteiger partial charge in [-0.15, -0.1) is 0 Å². The monoisotopic (exact) mass is 639 g/mol. The van der Waals surface area contributed by atoms with E-state index in [4.69, 9.17) is 11.5 Å². The van der Waals surface area contributed by atoms with Gasteiger partial charge in [0.2, 0.25) is 10.0 Å². The molecule has 0 unspecified atom stereocenters. The minimum Gasteiger partial charge on any atom is -0.401 e. The lowest BCUT2D eigenvalue weighted by Crippen LogP contribution is -2.80. The third kappa shape index (κ3) is 7.16. The summed E-state index contributed by atoms with van der Waals surface area (Å²) in [5.41, 5.74) is 14.1. The van der Waals surface area contributed by atoms with Gasteiger partial charge in [0.1, 0.15) is 17.3 Å². The number of piperazine rings is 1. The number of nitrogens with zero attached hydrogens (tertiary/aromatic N) is 4. The number of sulfonamides is 1. The average Bonchev–Trinajstić information content (AvgIpc) is 3.01. The number of nitrogens with one attached hydrogen (secondary N) is 2. The van der Waals surface area contributed by atoms with Crippen LogP contribution < -0.4 is 26.7 Å². The molecule has 45 heavy (non-hydrogen) atoms. The topological polar surface area (TPSA) is 169 Å². The Morgan fingerprint density at radius 3 is 2.36 bits per heavy atom. The number of amidine groups is 1. The average molecular weight is 640 g/mol. The van der Waals surface area contributed by atoms with E-state index in [1.54, 1.807) is 36.4 Å². The fraction of sp³-hybridized carbons (Fsp3) is 0.267. The molecule has 0 radical (unpaired) electrons. The van der Waals surface area contributed by atoms with E-state index in [0.717, 1.165) is 48.3 Å². The molecule has 2 aromatic carbocycles. The first-order valence-corrected chi connectivity index (χ1v) is 15.5. The van der Waals surface area contributed by atoms with E-state index >= 15 is 0 Å². The molecular weight excluding hydrogens is 606 g/mol. The van der Waals surface area contributed by atoms with Crippen LogP contribution in [-0.2, 0) is 10.0 Å². The van der Waals surface area contributed by atoms with Gasteiger partial charge >= 0.3 is 5.91 Å². The molecule has 5 rings (SSSR count). The van der Waals surface area contributed by atoms with Crippen LogP contribution in [0, 0.1) is 11.6 Å². The van der Waals surface area contributed by atoms with Gasteiger partial charge in [-0.25, -0.2) is 27.0 Å². The fourth-order valence-electron chi connectivity index (χ4n) is 5.09. The van der Waals surface area contributed by atoms with E-state index in [1.165, 1.54) is 6.20 Å². The first kappa shape index (κ1) is 31.7. The largest absolute Gasteiger partial charge is 0.401 e. The van der Waals surface area contributed by atoms with Crippen LogP contribution >= 0.6 is 0 Å². The minimum absolute atomic E-state index is 0.0610. The normalized spacial score (nSPS) is 17.0. The maximum absolute atomic E-state index is 13.8.